The molecule has 27 heavy (non-hydrogen) atoms. The van der Waals surface area contributed by atoms with Crippen molar-refractivity contribution in [3.8, 4) is 17.0 Å². The Kier molecular flexibility index (Phi) is 5.77. The largest absolute Gasteiger partial charge is 0.496 e. The van der Waals surface area contributed by atoms with E-state index in [1.165, 1.54) is 12.3 Å². The molecule has 0 aliphatic heterocycles. The maximum atomic E-state index is 12.3. The molecule has 0 radical (unpaired) electrons. The number of aromatic amines is 1. The fourth-order valence-electron chi connectivity index (χ4n) is 2.36. The predicted octanol–water partition coefficient (Wildman–Crippen LogP) is 2.97. The van der Waals surface area contributed by atoms with Crippen LogP contribution in [0.3, 0.4) is 0 Å². The van der Waals surface area contributed by atoms with Gasteiger partial charge in [0, 0.05) is 15.6 Å². The number of nitrogens with one attached hydrogen (secondary N) is 2. The number of hydrazone groups is 1. The van der Waals surface area contributed by atoms with E-state index < -0.39 is 11.6 Å². The van der Waals surface area contributed by atoms with Crippen molar-refractivity contribution >= 4 is 28.1 Å². The smallest absolute Gasteiger partial charge is 0.346 e. The number of hydrogen-bond donors (Lipinski definition) is 2. The average Bonchev–Trinajstić information content (AvgIpc) is 2.68. The van der Waals surface area contributed by atoms with Crippen LogP contribution in [0.4, 0.5) is 0 Å². The molecule has 8 heteroatoms. The minimum atomic E-state index is -0.612. The third-order valence-corrected chi connectivity index (χ3v) is 4.11. The first kappa shape index (κ1) is 18.5. The summed E-state index contributed by atoms with van der Waals surface area (Å²) in [6.45, 7) is 0. The summed E-state index contributed by atoms with van der Waals surface area (Å²) in [4.78, 5) is 30.4. The van der Waals surface area contributed by atoms with Crippen LogP contribution in [0.15, 0.2) is 69.0 Å². The lowest BCUT2D eigenvalue weighted by molar-refractivity contribution is 0.0949. The highest BCUT2D eigenvalue weighted by Crippen LogP contribution is 2.21. The second-order valence-corrected chi connectivity index (χ2v) is 6.35. The van der Waals surface area contributed by atoms with E-state index in [4.69, 9.17) is 4.74 Å². The van der Waals surface area contributed by atoms with E-state index in [2.05, 4.69) is 36.4 Å². The number of hydrogen-bond acceptors (Lipinski definition) is 5. The molecule has 0 atom stereocenters. The number of methoxy groups -OCH3 is 1. The van der Waals surface area contributed by atoms with Crippen LogP contribution in [0.1, 0.15) is 16.1 Å². The van der Waals surface area contributed by atoms with Gasteiger partial charge in [-0.1, -0.05) is 46.3 Å². The van der Waals surface area contributed by atoms with E-state index in [-0.39, 0.29) is 5.69 Å². The number of aromatic nitrogens is 2. The Balaban J connectivity index is 1.80. The number of carbonyl (C=O) groups excluding carboxylic acids is 1. The van der Waals surface area contributed by atoms with Crippen molar-refractivity contribution in [2.75, 3.05) is 7.11 Å². The number of rotatable bonds is 5. The highest BCUT2D eigenvalue weighted by molar-refractivity contribution is 9.10. The number of H-pyrrole nitrogens is 1. The van der Waals surface area contributed by atoms with E-state index in [1.807, 2.05) is 24.3 Å². The van der Waals surface area contributed by atoms with Crippen LogP contribution in [-0.4, -0.2) is 29.2 Å². The fourth-order valence-corrected chi connectivity index (χ4v) is 2.74. The maximum absolute atomic E-state index is 12.3. The molecular formula is C19H15BrN4O3. The fraction of sp³-hybridized carbons (Fsp3) is 0.0526. The summed E-state index contributed by atoms with van der Waals surface area (Å²) in [6, 6.07) is 16.0. The molecule has 7 nitrogen and oxygen atoms in total. The summed E-state index contributed by atoms with van der Waals surface area (Å²) >= 11 is 3.37. The zero-order valence-corrected chi connectivity index (χ0v) is 15.9. The Labute approximate surface area is 163 Å². The Bertz CT molecular complexity index is 1050. The third-order valence-electron chi connectivity index (χ3n) is 3.62. The van der Waals surface area contributed by atoms with Gasteiger partial charge in [0.05, 0.1) is 19.0 Å². The van der Waals surface area contributed by atoms with E-state index in [1.54, 1.807) is 31.4 Å². The quantitative estimate of drug-likeness (QED) is 0.484. The highest BCUT2D eigenvalue weighted by atomic mass is 79.9. The summed E-state index contributed by atoms with van der Waals surface area (Å²) in [5, 5.41) is 3.93. The number of nitrogens with zero attached hydrogens (tertiary/aromatic N) is 2. The first-order valence-electron chi connectivity index (χ1n) is 7.90. The highest BCUT2D eigenvalue weighted by Gasteiger charge is 2.10. The van der Waals surface area contributed by atoms with Crippen molar-refractivity contribution in [2.24, 2.45) is 5.10 Å². The molecule has 0 fully saturated rings. The van der Waals surface area contributed by atoms with E-state index in [0.717, 1.165) is 10.0 Å². The van der Waals surface area contributed by atoms with Gasteiger partial charge >= 0.3 is 5.69 Å². The molecule has 1 heterocycles. The lowest BCUT2D eigenvalue weighted by Crippen LogP contribution is -2.24. The monoisotopic (exact) mass is 426 g/mol. The van der Waals surface area contributed by atoms with Crippen LogP contribution in [0, 0.1) is 0 Å². The SMILES string of the molecule is COc1ccc(Br)cc1/C=N/NC(=O)c1cc(-c2ccccc2)nc(=O)[nH]1. The van der Waals surface area contributed by atoms with Gasteiger partial charge in [-0.2, -0.15) is 10.1 Å². The van der Waals surface area contributed by atoms with Crippen LogP contribution in [0.2, 0.25) is 0 Å². The molecule has 0 saturated carbocycles. The molecular weight excluding hydrogens is 412 g/mol. The zero-order chi connectivity index (χ0) is 19.2. The molecule has 3 aromatic rings. The molecule has 0 aliphatic rings. The van der Waals surface area contributed by atoms with Gasteiger partial charge in [-0.05, 0) is 24.3 Å². The summed E-state index contributed by atoms with van der Waals surface area (Å²) in [6.07, 6.45) is 1.46. The van der Waals surface area contributed by atoms with Crippen molar-refractivity contribution in [1.29, 1.82) is 0 Å². The molecule has 1 amide bonds. The molecule has 1 aromatic heterocycles. The summed E-state index contributed by atoms with van der Waals surface area (Å²) in [5.74, 6) is 0.0526. The number of amides is 1. The zero-order valence-electron chi connectivity index (χ0n) is 14.3. The number of benzene rings is 2. The van der Waals surface area contributed by atoms with Gasteiger partial charge in [0.1, 0.15) is 11.4 Å². The Morgan fingerprint density at radius 1 is 1.22 bits per heavy atom. The Morgan fingerprint density at radius 3 is 2.74 bits per heavy atom. The first-order valence-corrected chi connectivity index (χ1v) is 8.70. The van der Waals surface area contributed by atoms with Crippen molar-refractivity contribution in [3.05, 3.63) is 80.8 Å². The van der Waals surface area contributed by atoms with Crippen molar-refractivity contribution in [1.82, 2.24) is 15.4 Å². The molecule has 0 saturated heterocycles. The first-order chi connectivity index (χ1) is 13.1. The molecule has 136 valence electrons. The molecule has 0 spiro atoms. The van der Waals surface area contributed by atoms with Crippen LogP contribution >= 0.6 is 15.9 Å². The summed E-state index contributed by atoms with van der Waals surface area (Å²) in [5.41, 5.74) is 3.66. The predicted molar refractivity (Wildman–Crippen MR) is 106 cm³/mol. The van der Waals surface area contributed by atoms with Gasteiger partial charge in [0.15, 0.2) is 0 Å². The van der Waals surface area contributed by atoms with E-state index >= 15 is 0 Å². The lowest BCUT2D eigenvalue weighted by atomic mass is 10.1. The van der Waals surface area contributed by atoms with Gasteiger partial charge in [0.2, 0.25) is 0 Å². The molecule has 0 aliphatic carbocycles. The molecule has 0 unspecified atom stereocenters. The number of ether oxygens (including phenoxy) is 1. The molecule has 2 N–H and O–H groups in total. The van der Waals surface area contributed by atoms with Gasteiger partial charge < -0.3 is 9.72 Å². The van der Waals surface area contributed by atoms with Gasteiger partial charge in [0.25, 0.3) is 5.91 Å². The molecule has 2 aromatic carbocycles. The van der Waals surface area contributed by atoms with Crippen LogP contribution in [0.25, 0.3) is 11.3 Å². The van der Waals surface area contributed by atoms with Gasteiger partial charge in [-0.3, -0.25) is 4.79 Å². The third kappa shape index (κ3) is 4.68. The minimum Gasteiger partial charge on any atom is -0.496 e. The van der Waals surface area contributed by atoms with Gasteiger partial charge in [-0.15, -0.1) is 0 Å². The van der Waals surface area contributed by atoms with E-state index in [0.29, 0.717) is 17.0 Å². The van der Waals surface area contributed by atoms with E-state index in [9.17, 15) is 9.59 Å². The van der Waals surface area contributed by atoms with Crippen molar-refractivity contribution in [2.45, 2.75) is 0 Å². The number of halogens is 1. The van der Waals surface area contributed by atoms with Crippen LogP contribution in [0.5, 0.6) is 5.75 Å². The Hall–Kier alpha value is -3.26. The lowest BCUT2D eigenvalue weighted by Gasteiger charge is -2.05. The average molecular weight is 427 g/mol. The van der Waals surface area contributed by atoms with Crippen LogP contribution in [-0.2, 0) is 0 Å². The minimum absolute atomic E-state index is 0.0622. The van der Waals surface area contributed by atoms with Gasteiger partial charge in [-0.25, -0.2) is 10.2 Å². The second-order valence-electron chi connectivity index (χ2n) is 5.44. The van der Waals surface area contributed by atoms with Crippen LogP contribution < -0.4 is 15.9 Å². The topological polar surface area (TPSA) is 96.4 Å². The van der Waals surface area contributed by atoms with Crippen molar-refractivity contribution < 1.29 is 9.53 Å². The van der Waals surface area contributed by atoms with Crippen molar-refractivity contribution in [3.63, 3.8) is 0 Å². The summed E-state index contributed by atoms with van der Waals surface area (Å²) < 4.78 is 6.09. The molecule has 0 bridgehead atoms. The maximum Gasteiger partial charge on any atom is 0.346 e. The second kappa shape index (κ2) is 8.41. The standard InChI is InChI=1S/C19H15BrN4O3/c1-27-17-8-7-14(20)9-13(17)11-21-24-18(25)16-10-15(22-19(26)23-16)12-5-3-2-4-6-12/h2-11H,1H3,(H,24,25)(H,22,23,26)/b21-11+. The molecule has 3 rings (SSSR count). The summed E-state index contributed by atoms with van der Waals surface area (Å²) in [7, 11) is 1.55. The normalized spacial score (nSPS) is 10.7. The Morgan fingerprint density at radius 2 is 2.00 bits per heavy atom. The number of carbonyl (C=O) groups is 1.